The van der Waals surface area contributed by atoms with Crippen molar-refractivity contribution < 1.29 is 9.53 Å². The zero-order valence-electron chi connectivity index (χ0n) is 20.7. The SMILES string of the molecule is Cn1cnnc1CC1(c2cccc(NC(=O)c3cc(CN4CC5CC5C4)cc(C4CC4)n3)c2)COC1. The summed E-state index contributed by atoms with van der Waals surface area (Å²) in [5.74, 6) is 3.10. The summed E-state index contributed by atoms with van der Waals surface area (Å²) in [5.41, 5.74) is 4.57. The number of carbonyl (C=O) groups is 1. The summed E-state index contributed by atoms with van der Waals surface area (Å²) < 4.78 is 7.58. The Morgan fingerprint density at radius 2 is 2.00 bits per heavy atom. The van der Waals surface area contributed by atoms with Crippen LogP contribution in [0.2, 0.25) is 0 Å². The Balaban J connectivity index is 1.10. The molecular weight excluding hydrogens is 452 g/mol. The van der Waals surface area contributed by atoms with Crippen LogP contribution >= 0.6 is 0 Å². The molecule has 4 aliphatic rings. The van der Waals surface area contributed by atoms with Crippen molar-refractivity contribution in [2.45, 2.75) is 43.6 Å². The summed E-state index contributed by atoms with van der Waals surface area (Å²) >= 11 is 0. The molecule has 4 heterocycles. The van der Waals surface area contributed by atoms with Crippen LogP contribution in [0.25, 0.3) is 0 Å². The lowest BCUT2D eigenvalue weighted by atomic mass is 9.75. The van der Waals surface area contributed by atoms with E-state index in [0.29, 0.717) is 24.8 Å². The highest BCUT2D eigenvalue weighted by Gasteiger charge is 2.45. The molecule has 2 atom stereocenters. The molecule has 2 aliphatic heterocycles. The standard InChI is InChI=1S/C28H32N6O2/c1-33-17-29-32-26(33)11-28(15-36-16-28)22-3-2-4-23(10-22)30-27(35)25-8-18(7-24(31-25)19-5-6-19)12-34-13-20-9-21(20)14-34/h2-4,7-8,10,17,19-21H,5-6,9,11-16H2,1H3,(H,30,35). The molecule has 2 saturated carbocycles. The second kappa shape index (κ2) is 8.49. The maximum atomic E-state index is 13.4. The number of carbonyl (C=O) groups excluding carboxylic acids is 1. The van der Waals surface area contributed by atoms with Crippen LogP contribution in [0.15, 0.2) is 42.7 Å². The molecule has 8 nitrogen and oxygen atoms in total. The van der Waals surface area contributed by atoms with Gasteiger partial charge >= 0.3 is 0 Å². The molecule has 4 fully saturated rings. The number of benzene rings is 1. The molecular formula is C28H32N6O2. The number of ether oxygens (including phenoxy) is 1. The number of fused-ring (bicyclic) bond motifs is 1. The Morgan fingerprint density at radius 1 is 1.17 bits per heavy atom. The van der Waals surface area contributed by atoms with Gasteiger partial charge < -0.3 is 14.6 Å². The molecule has 0 spiro atoms. The molecule has 2 unspecified atom stereocenters. The van der Waals surface area contributed by atoms with Crippen molar-refractivity contribution in [3.8, 4) is 0 Å². The molecule has 36 heavy (non-hydrogen) atoms. The van der Waals surface area contributed by atoms with Crippen LogP contribution < -0.4 is 5.32 Å². The number of hydrogen-bond donors (Lipinski definition) is 1. The second-order valence-corrected chi connectivity index (χ2v) is 11.4. The smallest absolute Gasteiger partial charge is 0.274 e. The van der Waals surface area contributed by atoms with E-state index in [9.17, 15) is 4.79 Å². The molecule has 2 aromatic heterocycles. The van der Waals surface area contributed by atoms with Crippen molar-refractivity contribution in [3.05, 3.63) is 71.1 Å². The summed E-state index contributed by atoms with van der Waals surface area (Å²) in [6, 6.07) is 12.3. The van der Waals surface area contributed by atoms with Crippen LogP contribution in [0.5, 0.6) is 0 Å². The summed E-state index contributed by atoms with van der Waals surface area (Å²) in [6.07, 6.45) is 6.21. The third-order valence-corrected chi connectivity index (χ3v) is 8.39. The number of likely N-dealkylation sites (tertiary alicyclic amines) is 1. The van der Waals surface area contributed by atoms with Crippen LogP contribution in [0.3, 0.4) is 0 Å². The average Bonchev–Trinajstić information content (AvgIpc) is 3.76. The van der Waals surface area contributed by atoms with E-state index in [1.54, 1.807) is 6.33 Å². The quantitative estimate of drug-likeness (QED) is 0.528. The number of rotatable bonds is 8. The van der Waals surface area contributed by atoms with Crippen molar-refractivity contribution in [1.29, 1.82) is 0 Å². The highest BCUT2D eigenvalue weighted by Crippen LogP contribution is 2.45. The van der Waals surface area contributed by atoms with Crippen LogP contribution in [0.1, 0.15) is 58.3 Å². The number of aromatic nitrogens is 4. The molecule has 0 bridgehead atoms. The van der Waals surface area contributed by atoms with Gasteiger partial charge in [-0.25, -0.2) is 4.98 Å². The third kappa shape index (κ3) is 4.22. The Morgan fingerprint density at radius 3 is 2.69 bits per heavy atom. The normalized spacial score (nSPS) is 24.2. The summed E-state index contributed by atoms with van der Waals surface area (Å²) in [6.45, 7) is 4.56. The molecule has 1 amide bonds. The summed E-state index contributed by atoms with van der Waals surface area (Å²) in [7, 11) is 1.96. The number of nitrogens with zero attached hydrogens (tertiary/aromatic N) is 5. The Bertz CT molecular complexity index is 1300. The van der Waals surface area contributed by atoms with E-state index < -0.39 is 0 Å². The van der Waals surface area contributed by atoms with Crippen molar-refractivity contribution >= 4 is 11.6 Å². The fourth-order valence-electron chi connectivity index (χ4n) is 5.90. The van der Waals surface area contributed by atoms with Crippen molar-refractivity contribution in [1.82, 2.24) is 24.6 Å². The summed E-state index contributed by atoms with van der Waals surface area (Å²) in [4.78, 5) is 20.7. The van der Waals surface area contributed by atoms with Gasteiger partial charge in [-0.05, 0) is 66.5 Å². The molecule has 1 N–H and O–H groups in total. The molecule has 3 aromatic rings. The van der Waals surface area contributed by atoms with Gasteiger partial charge in [-0.15, -0.1) is 10.2 Å². The molecule has 1 aromatic carbocycles. The van der Waals surface area contributed by atoms with E-state index in [1.165, 1.54) is 37.9 Å². The largest absolute Gasteiger partial charge is 0.379 e. The van der Waals surface area contributed by atoms with Crippen LogP contribution in [0, 0.1) is 11.8 Å². The lowest BCUT2D eigenvalue weighted by molar-refractivity contribution is -0.0610. The first-order chi connectivity index (χ1) is 17.5. The molecule has 7 rings (SSSR count). The van der Waals surface area contributed by atoms with E-state index in [1.807, 2.05) is 29.8 Å². The monoisotopic (exact) mass is 484 g/mol. The third-order valence-electron chi connectivity index (χ3n) is 8.39. The topological polar surface area (TPSA) is 85.2 Å². The Labute approximate surface area is 211 Å². The van der Waals surface area contributed by atoms with Gasteiger partial charge in [-0.1, -0.05) is 12.1 Å². The van der Waals surface area contributed by atoms with Gasteiger partial charge in [0.15, 0.2) is 0 Å². The summed E-state index contributed by atoms with van der Waals surface area (Å²) in [5, 5.41) is 11.4. The first-order valence-corrected chi connectivity index (χ1v) is 13.1. The predicted octanol–water partition coefficient (Wildman–Crippen LogP) is 3.30. The van der Waals surface area contributed by atoms with Crippen molar-refractivity contribution in [3.63, 3.8) is 0 Å². The van der Waals surface area contributed by atoms with Crippen LogP contribution in [0.4, 0.5) is 5.69 Å². The number of nitrogens with one attached hydrogen (secondary N) is 1. The van der Waals surface area contributed by atoms with E-state index in [0.717, 1.165) is 47.6 Å². The number of aryl methyl sites for hydroxylation is 1. The molecule has 186 valence electrons. The highest BCUT2D eigenvalue weighted by atomic mass is 16.5. The molecule has 2 aliphatic carbocycles. The minimum Gasteiger partial charge on any atom is -0.379 e. The first-order valence-electron chi connectivity index (χ1n) is 13.1. The highest BCUT2D eigenvalue weighted by molar-refractivity contribution is 6.03. The number of amides is 1. The van der Waals surface area contributed by atoms with Crippen molar-refractivity contribution in [2.24, 2.45) is 18.9 Å². The molecule has 0 radical (unpaired) electrons. The van der Waals surface area contributed by atoms with Gasteiger partial charge in [0.1, 0.15) is 17.8 Å². The average molecular weight is 485 g/mol. The van der Waals surface area contributed by atoms with Gasteiger partial charge in [0, 0.05) is 55.8 Å². The molecule has 8 heteroatoms. The fraction of sp³-hybridized carbons (Fsp3) is 0.500. The van der Waals surface area contributed by atoms with E-state index in [-0.39, 0.29) is 11.3 Å². The fourth-order valence-corrected chi connectivity index (χ4v) is 5.90. The zero-order chi connectivity index (χ0) is 24.3. The van der Waals surface area contributed by atoms with Gasteiger partial charge in [0.05, 0.1) is 13.2 Å². The maximum Gasteiger partial charge on any atom is 0.274 e. The lowest BCUT2D eigenvalue weighted by Gasteiger charge is -2.41. The van der Waals surface area contributed by atoms with Crippen LogP contribution in [-0.4, -0.2) is 56.9 Å². The Hall–Kier alpha value is -3.10. The minimum absolute atomic E-state index is 0.146. The van der Waals surface area contributed by atoms with Gasteiger partial charge in [-0.3, -0.25) is 9.69 Å². The first kappa shape index (κ1) is 22.1. The van der Waals surface area contributed by atoms with Crippen LogP contribution in [-0.2, 0) is 30.2 Å². The van der Waals surface area contributed by atoms with E-state index >= 15 is 0 Å². The maximum absolute atomic E-state index is 13.4. The van der Waals surface area contributed by atoms with Gasteiger partial charge in [-0.2, -0.15) is 0 Å². The minimum atomic E-state index is -0.157. The zero-order valence-corrected chi connectivity index (χ0v) is 20.7. The van der Waals surface area contributed by atoms with Gasteiger partial charge in [0.2, 0.25) is 0 Å². The number of hydrogen-bond acceptors (Lipinski definition) is 6. The van der Waals surface area contributed by atoms with E-state index in [2.05, 4.69) is 38.6 Å². The predicted molar refractivity (Wildman–Crippen MR) is 135 cm³/mol. The second-order valence-electron chi connectivity index (χ2n) is 11.4. The number of pyridine rings is 1. The van der Waals surface area contributed by atoms with Gasteiger partial charge in [0.25, 0.3) is 5.91 Å². The number of piperidine rings is 1. The lowest BCUT2D eigenvalue weighted by Crippen LogP contribution is -2.49. The Kier molecular flexibility index (Phi) is 5.22. The van der Waals surface area contributed by atoms with Crippen molar-refractivity contribution in [2.75, 3.05) is 31.6 Å². The van der Waals surface area contributed by atoms with E-state index in [4.69, 9.17) is 9.72 Å². The molecule has 2 saturated heterocycles. The number of anilines is 1.